The van der Waals surface area contributed by atoms with Crippen LogP contribution in [-0.2, 0) is 6.54 Å². The predicted octanol–water partition coefficient (Wildman–Crippen LogP) is 4.74. The van der Waals surface area contributed by atoms with Gasteiger partial charge in [-0.3, -0.25) is 0 Å². The molecule has 0 saturated carbocycles. The molecule has 0 fully saturated rings. The summed E-state index contributed by atoms with van der Waals surface area (Å²) in [6.45, 7) is 2.77. The van der Waals surface area contributed by atoms with Crippen molar-refractivity contribution < 1.29 is 0 Å². The van der Waals surface area contributed by atoms with E-state index in [0.29, 0.717) is 0 Å². The standard InChI is InChI=1S/C15H16Br2N4S/c16-11-8-10(22-14(11)17)9-18-6-3-7-19-15-20-12-4-1-2-5-13(12)21-15/h1-2,4-5,8,18H,3,6-7,9H2,(H2,19,20,21). The fourth-order valence-electron chi connectivity index (χ4n) is 2.15. The fourth-order valence-corrected chi connectivity index (χ4v) is 4.29. The molecule has 4 nitrogen and oxygen atoms in total. The van der Waals surface area contributed by atoms with Crippen molar-refractivity contribution in [1.82, 2.24) is 15.3 Å². The lowest BCUT2D eigenvalue weighted by atomic mass is 10.3. The Morgan fingerprint density at radius 3 is 2.82 bits per heavy atom. The molecule has 3 aromatic rings. The summed E-state index contributed by atoms with van der Waals surface area (Å²) in [5, 5.41) is 6.78. The second-order valence-electron chi connectivity index (χ2n) is 4.89. The van der Waals surface area contributed by atoms with Crippen molar-refractivity contribution in [1.29, 1.82) is 0 Å². The predicted molar refractivity (Wildman–Crippen MR) is 101 cm³/mol. The van der Waals surface area contributed by atoms with Crippen LogP contribution < -0.4 is 10.6 Å². The highest BCUT2D eigenvalue weighted by atomic mass is 79.9. The van der Waals surface area contributed by atoms with Crippen molar-refractivity contribution in [2.45, 2.75) is 13.0 Å². The Kier molecular flexibility index (Phi) is 5.51. The lowest BCUT2D eigenvalue weighted by Crippen LogP contribution is -2.17. The van der Waals surface area contributed by atoms with Crippen LogP contribution in [0.5, 0.6) is 0 Å². The summed E-state index contributed by atoms with van der Waals surface area (Å²) in [5.74, 6) is 0.840. The van der Waals surface area contributed by atoms with Gasteiger partial charge in [-0.1, -0.05) is 12.1 Å². The molecule has 0 aliphatic carbocycles. The van der Waals surface area contributed by atoms with Crippen molar-refractivity contribution in [3.8, 4) is 0 Å². The molecular weight excluding hydrogens is 428 g/mol. The SMILES string of the molecule is Brc1cc(CNCCCNc2nc3ccccc3[nH]2)sc1Br. The fraction of sp³-hybridized carbons (Fsp3) is 0.267. The van der Waals surface area contributed by atoms with Gasteiger partial charge in [-0.15, -0.1) is 11.3 Å². The maximum absolute atomic E-state index is 4.49. The van der Waals surface area contributed by atoms with Crippen LogP contribution in [-0.4, -0.2) is 23.1 Å². The number of anilines is 1. The molecule has 0 unspecified atom stereocenters. The largest absolute Gasteiger partial charge is 0.356 e. The molecule has 0 aliphatic rings. The van der Waals surface area contributed by atoms with Crippen LogP contribution in [0.15, 0.2) is 38.6 Å². The Bertz CT molecular complexity index is 700. The molecule has 1 aromatic carbocycles. The quantitative estimate of drug-likeness (QED) is 0.462. The maximum atomic E-state index is 4.49. The number of hydrogen-bond acceptors (Lipinski definition) is 4. The minimum Gasteiger partial charge on any atom is -0.356 e. The average molecular weight is 444 g/mol. The summed E-state index contributed by atoms with van der Waals surface area (Å²) >= 11 is 8.77. The Morgan fingerprint density at radius 2 is 2.05 bits per heavy atom. The minimum absolute atomic E-state index is 0.840. The van der Waals surface area contributed by atoms with E-state index in [0.717, 1.165) is 51.3 Å². The van der Waals surface area contributed by atoms with Crippen LogP contribution in [0.25, 0.3) is 11.0 Å². The van der Waals surface area contributed by atoms with Gasteiger partial charge < -0.3 is 15.6 Å². The molecule has 2 heterocycles. The first-order valence-electron chi connectivity index (χ1n) is 7.05. The van der Waals surface area contributed by atoms with Crippen LogP contribution in [0, 0.1) is 0 Å². The molecule has 0 amide bonds. The van der Waals surface area contributed by atoms with Gasteiger partial charge in [0.1, 0.15) is 0 Å². The highest BCUT2D eigenvalue weighted by Crippen LogP contribution is 2.32. The number of fused-ring (bicyclic) bond motifs is 1. The molecule has 0 saturated heterocycles. The number of thiophene rings is 1. The number of para-hydroxylation sites is 2. The van der Waals surface area contributed by atoms with Gasteiger partial charge in [0, 0.05) is 22.4 Å². The monoisotopic (exact) mass is 442 g/mol. The molecule has 7 heteroatoms. The second-order valence-corrected chi connectivity index (χ2v) is 8.20. The zero-order chi connectivity index (χ0) is 15.4. The van der Waals surface area contributed by atoms with Gasteiger partial charge in [0.2, 0.25) is 5.95 Å². The number of rotatable bonds is 7. The third-order valence-corrected chi connectivity index (χ3v) is 6.46. The number of H-pyrrole nitrogens is 1. The number of nitrogens with zero attached hydrogens (tertiary/aromatic N) is 1. The third-order valence-electron chi connectivity index (χ3n) is 3.21. The minimum atomic E-state index is 0.840. The molecule has 0 spiro atoms. The van der Waals surface area contributed by atoms with Gasteiger partial charge in [-0.25, -0.2) is 4.98 Å². The summed E-state index contributed by atoms with van der Waals surface area (Å²) in [7, 11) is 0. The lowest BCUT2D eigenvalue weighted by Gasteiger charge is -2.04. The zero-order valence-electron chi connectivity index (χ0n) is 11.8. The van der Waals surface area contributed by atoms with Gasteiger partial charge in [0.05, 0.1) is 14.8 Å². The van der Waals surface area contributed by atoms with Gasteiger partial charge in [-0.05, 0) is 63.0 Å². The molecule has 0 aliphatic heterocycles. The third kappa shape index (κ3) is 4.10. The number of aromatic amines is 1. The highest BCUT2D eigenvalue weighted by Gasteiger charge is 2.03. The summed E-state index contributed by atoms with van der Waals surface area (Å²) in [6.07, 6.45) is 1.05. The van der Waals surface area contributed by atoms with Gasteiger partial charge in [0.25, 0.3) is 0 Å². The normalized spacial score (nSPS) is 11.2. The Morgan fingerprint density at radius 1 is 1.18 bits per heavy atom. The Labute approximate surface area is 150 Å². The smallest absolute Gasteiger partial charge is 0.201 e. The van der Waals surface area contributed by atoms with E-state index in [1.54, 1.807) is 11.3 Å². The molecule has 3 rings (SSSR count). The van der Waals surface area contributed by atoms with Crippen molar-refractivity contribution in [3.05, 3.63) is 43.5 Å². The van der Waals surface area contributed by atoms with Crippen LogP contribution >= 0.6 is 43.2 Å². The molecule has 2 aromatic heterocycles. The van der Waals surface area contributed by atoms with E-state index in [9.17, 15) is 0 Å². The van der Waals surface area contributed by atoms with Crippen molar-refractivity contribution in [2.75, 3.05) is 18.4 Å². The van der Waals surface area contributed by atoms with E-state index < -0.39 is 0 Å². The number of aromatic nitrogens is 2. The molecule has 0 radical (unpaired) electrons. The van der Waals surface area contributed by atoms with Crippen molar-refractivity contribution in [2.24, 2.45) is 0 Å². The van der Waals surface area contributed by atoms with E-state index in [4.69, 9.17) is 0 Å². The van der Waals surface area contributed by atoms with Crippen LogP contribution in [0.1, 0.15) is 11.3 Å². The number of nitrogens with one attached hydrogen (secondary N) is 3. The van der Waals surface area contributed by atoms with Crippen molar-refractivity contribution >= 4 is 60.2 Å². The van der Waals surface area contributed by atoms with E-state index in [1.807, 2.05) is 24.3 Å². The highest BCUT2D eigenvalue weighted by molar-refractivity contribution is 9.13. The number of benzene rings is 1. The van der Waals surface area contributed by atoms with E-state index in [1.165, 1.54) is 4.88 Å². The number of halogens is 2. The molecule has 0 bridgehead atoms. The molecule has 3 N–H and O–H groups in total. The number of imidazole rings is 1. The Balaban J connectivity index is 1.36. The number of hydrogen-bond donors (Lipinski definition) is 3. The zero-order valence-corrected chi connectivity index (χ0v) is 15.8. The molecule has 116 valence electrons. The topological polar surface area (TPSA) is 52.7 Å². The molecular formula is C15H16Br2N4S. The van der Waals surface area contributed by atoms with Crippen LogP contribution in [0.3, 0.4) is 0 Å². The molecule has 0 atom stereocenters. The summed E-state index contributed by atoms with van der Waals surface area (Å²) in [6, 6.07) is 10.2. The van der Waals surface area contributed by atoms with E-state index in [2.05, 4.69) is 58.5 Å². The van der Waals surface area contributed by atoms with Gasteiger partial charge in [-0.2, -0.15) is 0 Å². The average Bonchev–Trinajstić information content (AvgIpc) is 3.06. The maximum Gasteiger partial charge on any atom is 0.201 e. The van der Waals surface area contributed by atoms with Gasteiger partial charge in [0.15, 0.2) is 0 Å². The summed E-state index contributed by atoms with van der Waals surface area (Å²) < 4.78 is 2.27. The molecule has 22 heavy (non-hydrogen) atoms. The first-order chi connectivity index (χ1) is 10.7. The summed E-state index contributed by atoms with van der Waals surface area (Å²) in [5.41, 5.74) is 2.06. The second kappa shape index (κ2) is 7.59. The first kappa shape index (κ1) is 16.0. The van der Waals surface area contributed by atoms with Crippen LogP contribution in [0.2, 0.25) is 0 Å². The van der Waals surface area contributed by atoms with Crippen molar-refractivity contribution in [3.63, 3.8) is 0 Å². The van der Waals surface area contributed by atoms with Crippen LogP contribution in [0.4, 0.5) is 5.95 Å². The van der Waals surface area contributed by atoms with E-state index >= 15 is 0 Å². The van der Waals surface area contributed by atoms with E-state index in [-0.39, 0.29) is 0 Å². The first-order valence-corrected chi connectivity index (χ1v) is 9.45. The summed E-state index contributed by atoms with van der Waals surface area (Å²) in [4.78, 5) is 9.09. The van der Waals surface area contributed by atoms with Gasteiger partial charge >= 0.3 is 0 Å². The Hall–Kier alpha value is -0.890. The lowest BCUT2D eigenvalue weighted by molar-refractivity contribution is 0.668.